The van der Waals surface area contributed by atoms with Crippen LogP contribution in [0.1, 0.15) is 11.1 Å². The Morgan fingerprint density at radius 3 is 1.85 bits per heavy atom. The summed E-state index contributed by atoms with van der Waals surface area (Å²) in [6.45, 7) is 3.89. The maximum absolute atomic E-state index is 13.5. The second-order valence-electron chi connectivity index (χ2n) is 5.94. The molecule has 0 amide bonds. The van der Waals surface area contributed by atoms with Gasteiger partial charge in [0.25, 0.3) is 0 Å². The van der Waals surface area contributed by atoms with Crippen molar-refractivity contribution in [1.82, 2.24) is 0 Å². The van der Waals surface area contributed by atoms with Crippen LogP contribution in [0.2, 0.25) is 0 Å². The maximum Gasteiger partial charge on any atom is 0.541 e. The van der Waals surface area contributed by atoms with Gasteiger partial charge in [0.15, 0.2) is 0 Å². The molecule has 0 spiro atoms. The van der Waals surface area contributed by atoms with Crippen molar-refractivity contribution in [3.8, 4) is 11.5 Å². The van der Waals surface area contributed by atoms with Gasteiger partial charge in [-0.05, 0) is 67.4 Å². The highest BCUT2D eigenvalue weighted by Gasteiger charge is 2.29. The van der Waals surface area contributed by atoms with Crippen molar-refractivity contribution in [2.75, 3.05) is 5.09 Å². The van der Waals surface area contributed by atoms with Crippen LogP contribution in [-0.2, 0) is 4.57 Å². The number of anilines is 1. The normalized spacial score (nSPS) is 11.0. The number of nitrogens with one attached hydrogen (secondary N) is 1. The fourth-order valence-electron chi connectivity index (χ4n) is 2.40. The van der Waals surface area contributed by atoms with Crippen LogP contribution in [0.15, 0.2) is 77.3 Å². The maximum atomic E-state index is 13.5. The number of aryl methyl sites for hydroxylation is 2. The first kappa shape index (κ1) is 18.6. The minimum Gasteiger partial charge on any atom is -0.400 e. The van der Waals surface area contributed by atoms with Gasteiger partial charge in [-0.15, -0.1) is 0 Å². The zero-order chi connectivity index (χ0) is 18.6. The van der Waals surface area contributed by atoms with Gasteiger partial charge >= 0.3 is 7.75 Å². The number of halogens is 1. The van der Waals surface area contributed by atoms with E-state index in [1.54, 1.807) is 18.2 Å². The standard InChI is InChI=1S/C20H19BrNO3P/c1-15-6-3-10-19(12-15)24-26(23,22-18-9-5-8-17(21)14-18)25-20-11-4-7-16(2)13-20/h3-14H,1-2H3,(H,22,23). The molecule has 0 atom stereocenters. The third-order valence-electron chi connectivity index (χ3n) is 3.52. The lowest BCUT2D eigenvalue weighted by atomic mass is 10.2. The lowest BCUT2D eigenvalue weighted by molar-refractivity contribution is 0.392. The van der Waals surface area contributed by atoms with Crippen molar-refractivity contribution in [1.29, 1.82) is 0 Å². The van der Waals surface area contributed by atoms with E-state index < -0.39 is 7.75 Å². The highest BCUT2D eigenvalue weighted by Crippen LogP contribution is 2.48. The molecule has 0 saturated carbocycles. The number of hydrogen-bond donors (Lipinski definition) is 1. The van der Waals surface area contributed by atoms with Crippen molar-refractivity contribution in [3.63, 3.8) is 0 Å². The molecule has 1 N–H and O–H groups in total. The monoisotopic (exact) mass is 431 g/mol. The second kappa shape index (κ2) is 7.98. The van der Waals surface area contributed by atoms with E-state index in [9.17, 15) is 4.57 Å². The summed E-state index contributed by atoms with van der Waals surface area (Å²) in [5.41, 5.74) is 2.64. The van der Waals surface area contributed by atoms with E-state index >= 15 is 0 Å². The molecular weight excluding hydrogens is 413 g/mol. The van der Waals surface area contributed by atoms with E-state index in [1.807, 2.05) is 68.4 Å². The first-order chi connectivity index (χ1) is 12.4. The third-order valence-corrected chi connectivity index (χ3v) is 5.45. The van der Waals surface area contributed by atoms with E-state index in [0.29, 0.717) is 17.2 Å². The van der Waals surface area contributed by atoms with Crippen molar-refractivity contribution in [2.45, 2.75) is 13.8 Å². The lowest BCUT2D eigenvalue weighted by Crippen LogP contribution is -2.10. The molecule has 0 heterocycles. The van der Waals surface area contributed by atoms with Gasteiger partial charge in [-0.2, -0.15) is 0 Å². The van der Waals surface area contributed by atoms with Crippen molar-refractivity contribution < 1.29 is 13.6 Å². The van der Waals surface area contributed by atoms with Gasteiger partial charge in [0.1, 0.15) is 11.5 Å². The molecule has 3 aromatic rings. The molecule has 0 aliphatic heterocycles. The summed E-state index contributed by atoms with van der Waals surface area (Å²) in [6.07, 6.45) is 0. The van der Waals surface area contributed by atoms with Gasteiger partial charge in [-0.1, -0.05) is 46.3 Å². The number of hydrogen-bond acceptors (Lipinski definition) is 3. The molecule has 26 heavy (non-hydrogen) atoms. The van der Waals surface area contributed by atoms with Gasteiger partial charge < -0.3 is 9.05 Å². The Hall–Kier alpha value is -2.23. The molecule has 3 aromatic carbocycles. The molecule has 0 saturated heterocycles. The molecule has 0 bridgehead atoms. The summed E-state index contributed by atoms with van der Waals surface area (Å²) in [4.78, 5) is 0. The zero-order valence-electron chi connectivity index (χ0n) is 14.5. The average molecular weight is 432 g/mol. The Kier molecular flexibility index (Phi) is 5.70. The van der Waals surface area contributed by atoms with Crippen LogP contribution < -0.4 is 14.1 Å². The molecule has 3 rings (SSSR count). The molecule has 0 fully saturated rings. The van der Waals surface area contributed by atoms with Gasteiger partial charge in [-0.25, -0.2) is 4.57 Å². The fraction of sp³-hybridized carbons (Fsp3) is 0.100. The van der Waals surface area contributed by atoms with E-state index in [-0.39, 0.29) is 0 Å². The molecule has 6 heteroatoms. The Bertz CT molecular complexity index is 839. The van der Waals surface area contributed by atoms with Gasteiger partial charge in [0.2, 0.25) is 0 Å². The van der Waals surface area contributed by atoms with Gasteiger partial charge in [0, 0.05) is 10.2 Å². The van der Waals surface area contributed by atoms with Crippen molar-refractivity contribution in [3.05, 3.63) is 88.4 Å². The number of rotatable bonds is 6. The average Bonchev–Trinajstić information content (AvgIpc) is 2.54. The fourth-order valence-corrected chi connectivity index (χ4v) is 4.17. The summed E-state index contributed by atoms with van der Waals surface area (Å²) in [7, 11) is -3.72. The van der Waals surface area contributed by atoms with Gasteiger partial charge in [0.05, 0.1) is 0 Å². The van der Waals surface area contributed by atoms with Crippen LogP contribution in [0.4, 0.5) is 5.69 Å². The molecule has 134 valence electrons. The van der Waals surface area contributed by atoms with E-state index in [1.165, 1.54) is 0 Å². The summed E-state index contributed by atoms with van der Waals surface area (Å²) in [5.74, 6) is 0.951. The molecule has 0 unspecified atom stereocenters. The lowest BCUT2D eigenvalue weighted by Gasteiger charge is -2.21. The van der Waals surface area contributed by atoms with Crippen molar-refractivity contribution in [2.24, 2.45) is 0 Å². The van der Waals surface area contributed by atoms with Crippen LogP contribution >= 0.6 is 23.7 Å². The van der Waals surface area contributed by atoms with Crippen LogP contribution in [0.3, 0.4) is 0 Å². The topological polar surface area (TPSA) is 47.6 Å². The number of benzene rings is 3. The summed E-state index contributed by atoms with van der Waals surface area (Å²) < 4.78 is 25.9. The Morgan fingerprint density at radius 1 is 0.808 bits per heavy atom. The molecule has 0 aromatic heterocycles. The minimum atomic E-state index is -3.72. The third kappa shape index (κ3) is 5.13. The SMILES string of the molecule is Cc1cccc(OP(=O)(Nc2cccc(Br)c2)Oc2cccc(C)c2)c1. The highest BCUT2D eigenvalue weighted by atomic mass is 79.9. The van der Waals surface area contributed by atoms with Crippen LogP contribution in [-0.4, -0.2) is 0 Å². The highest BCUT2D eigenvalue weighted by molar-refractivity contribution is 9.10. The largest absolute Gasteiger partial charge is 0.541 e. The van der Waals surface area contributed by atoms with Crippen LogP contribution in [0.25, 0.3) is 0 Å². The van der Waals surface area contributed by atoms with Crippen LogP contribution in [0, 0.1) is 13.8 Å². The zero-order valence-corrected chi connectivity index (χ0v) is 17.0. The van der Waals surface area contributed by atoms with E-state index in [0.717, 1.165) is 15.6 Å². The Morgan fingerprint density at radius 2 is 1.35 bits per heavy atom. The summed E-state index contributed by atoms with van der Waals surface area (Å²) in [5, 5.41) is 2.91. The smallest absolute Gasteiger partial charge is 0.400 e. The molecular formula is C20H19BrNO3P. The predicted octanol–water partition coefficient (Wildman–Crippen LogP) is 6.74. The van der Waals surface area contributed by atoms with Crippen molar-refractivity contribution >= 4 is 29.4 Å². The molecule has 0 aliphatic rings. The minimum absolute atomic E-state index is 0.475. The van der Waals surface area contributed by atoms with Gasteiger partial charge in [-0.3, -0.25) is 5.09 Å². The first-order valence-electron chi connectivity index (χ1n) is 8.08. The second-order valence-corrected chi connectivity index (χ2v) is 8.43. The van der Waals surface area contributed by atoms with Crippen LogP contribution in [0.5, 0.6) is 11.5 Å². The molecule has 0 radical (unpaired) electrons. The molecule has 4 nitrogen and oxygen atoms in total. The quantitative estimate of drug-likeness (QED) is 0.438. The first-order valence-corrected chi connectivity index (χ1v) is 10.4. The summed E-state index contributed by atoms with van der Waals surface area (Å²) in [6, 6.07) is 22.1. The molecule has 0 aliphatic carbocycles. The predicted molar refractivity (Wildman–Crippen MR) is 109 cm³/mol. The van der Waals surface area contributed by atoms with E-state index in [2.05, 4.69) is 21.0 Å². The summed E-state index contributed by atoms with van der Waals surface area (Å²) >= 11 is 3.41. The Balaban J connectivity index is 1.92. The Labute approximate surface area is 161 Å². The van der Waals surface area contributed by atoms with E-state index in [4.69, 9.17) is 9.05 Å².